The van der Waals surface area contributed by atoms with E-state index in [0.717, 1.165) is 30.8 Å². The van der Waals surface area contributed by atoms with Crippen molar-refractivity contribution in [3.05, 3.63) is 29.8 Å². The van der Waals surface area contributed by atoms with Crippen molar-refractivity contribution in [3.63, 3.8) is 0 Å². The van der Waals surface area contributed by atoms with Crippen LogP contribution in [0.4, 0.5) is 5.69 Å². The second kappa shape index (κ2) is 7.29. The first-order valence-corrected chi connectivity index (χ1v) is 6.84. The van der Waals surface area contributed by atoms with Crippen molar-refractivity contribution in [1.29, 1.82) is 0 Å². The molecule has 0 atom stereocenters. The predicted octanol–water partition coefficient (Wildman–Crippen LogP) is 3.75. The van der Waals surface area contributed by atoms with E-state index in [9.17, 15) is 4.79 Å². The molecule has 1 aromatic rings. The van der Waals surface area contributed by atoms with Crippen LogP contribution >= 0.6 is 0 Å². The third-order valence-electron chi connectivity index (χ3n) is 3.28. The molecular weight excluding hydrogens is 238 g/mol. The monoisotopic (exact) mass is 263 g/mol. The molecule has 0 aromatic heterocycles. The maximum absolute atomic E-state index is 11.5. The molecule has 0 heterocycles. The van der Waals surface area contributed by atoms with Gasteiger partial charge in [-0.1, -0.05) is 20.8 Å². The molecule has 0 aliphatic rings. The average Bonchev–Trinajstić information content (AvgIpc) is 2.43. The van der Waals surface area contributed by atoms with Gasteiger partial charge in [-0.25, -0.2) is 0 Å². The van der Waals surface area contributed by atoms with Crippen LogP contribution in [0.5, 0.6) is 0 Å². The number of carbonyl (C=O) groups is 1. The summed E-state index contributed by atoms with van der Waals surface area (Å²) < 4.78 is 5.12. The lowest BCUT2D eigenvalue weighted by atomic mass is 9.89. The standard InChI is InChI=1S/C16H25NO2/c1-5-15(18)13-6-8-14(9-7-13)17-12-16(2,3)10-11-19-4/h6-9,17H,5,10-12H2,1-4H3. The SMILES string of the molecule is CCC(=O)c1ccc(NCC(C)(C)CCOC)cc1. The maximum atomic E-state index is 11.5. The first-order valence-electron chi connectivity index (χ1n) is 6.84. The van der Waals surface area contributed by atoms with Gasteiger partial charge in [0.25, 0.3) is 0 Å². The Kier molecular flexibility index (Phi) is 6.03. The van der Waals surface area contributed by atoms with E-state index >= 15 is 0 Å². The van der Waals surface area contributed by atoms with Crippen LogP contribution in [0, 0.1) is 5.41 Å². The molecular formula is C16H25NO2. The van der Waals surface area contributed by atoms with E-state index in [1.54, 1.807) is 7.11 Å². The molecule has 0 bridgehead atoms. The van der Waals surface area contributed by atoms with Crippen molar-refractivity contribution < 1.29 is 9.53 Å². The quantitative estimate of drug-likeness (QED) is 0.726. The van der Waals surface area contributed by atoms with Crippen molar-refractivity contribution in [3.8, 4) is 0 Å². The van der Waals surface area contributed by atoms with Gasteiger partial charge in [0.05, 0.1) is 0 Å². The number of hydrogen-bond donors (Lipinski definition) is 1. The number of methoxy groups -OCH3 is 1. The Bertz CT molecular complexity index is 396. The van der Waals surface area contributed by atoms with Crippen LogP contribution in [-0.2, 0) is 4.74 Å². The molecule has 1 N–H and O–H groups in total. The van der Waals surface area contributed by atoms with Gasteiger partial charge in [0.2, 0.25) is 0 Å². The molecule has 19 heavy (non-hydrogen) atoms. The summed E-state index contributed by atoms with van der Waals surface area (Å²) in [4.78, 5) is 11.5. The van der Waals surface area contributed by atoms with E-state index in [1.807, 2.05) is 31.2 Å². The summed E-state index contributed by atoms with van der Waals surface area (Å²) in [6.45, 7) is 7.98. The predicted molar refractivity (Wildman–Crippen MR) is 79.8 cm³/mol. The molecule has 3 nitrogen and oxygen atoms in total. The zero-order valence-electron chi connectivity index (χ0n) is 12.5. The fraction of sp³-hybridized carbons (Fsp3) is 0.562. The van der Waals surface area contributed by atoms with Crippen LogP contribution in [0.15, 0.2) is 24.3 Å². The molecule has 1 rings (SSSR count). The van der Waals surface area contributed by atoms with Crippen LogP contribution in [0.1, 0.15) is 44.0 Å². The zero-order valence-corrected chi connectivity index (χ0v) is 12.5. The molecule has 0 unspecified atom stereocenters. The first kappa shape index (κ1) is 15.7. The van der Waals surface area contributed by atoms with Crippen molar-refractivity contribution in [1.82, 2.24) is 0 Å². The van der Waals surface area contributed by atoms with Crippen LogP contribution < -0.4 is 5.32 Å². The highest BCUT2D eigenvalue weighted by Gasteiger charge is 2.17. The highest BCUT2D eigenvalue weighted by atomic mass is 16.5. The summed E-state index contributed by atoms with van der Waals surface area (Å²) >= 11 is 0. The lowest BCUT2D eigenvalue weighted by Crippen LogP contribution is -2.24. The number of Topliss-reactive ketones (excluding diaryl/α,β-unsaturated/α-hetero) is 1. The topological polar surface area (TPSA) is 38.3 Å². The molecule has 0 saturated heterocycles. The van der Waals surface area contributed by atoms with E-state index in [2.05, 4.69) is 19.2 Å². The highest BCUT2D eigenvalue weighted by molar-refractivity contribution is 5.96. The van der Waals surface area contributed by atoms with Crippen molar-refractivity contribution in [2.45, 2.75) is 33.6 Å². The van der Waals surface area contributed by atoms with Gasteiger partial charge in [-0.2, -0.15) is 0 Å². The average molecular weight is 263 g/mol. The third kappa shape index (κ3) is 5.43. The number of carbonyl (C=O) groups excluding carboxylic acids is 1. The summed E-state index contributed by atoms with van der Waals surface area (Å²) in [6, 6.07) is 7.71. The molecule has 0 saturated carbocycles. The minimum Gasteiger partial charge on any atom is -0.385 e. The summed E-state index contributed by atoms with van der Waals surface area (Å²) in [5, 5.41) is 3.41. The minimum atomic E-state index is 0.187. The fourth-order valence-corrected chi connectivity index (χ4v) is 1.79. The summed E-state index contributed by atoms with van der Waals surface area (Å²) in [7, 11) is 1.73. The first-order chi connectivity index (χ1) is 8.98. The Hall–Kier alpha value is -1.35. The Labute approximate surface area is 116 Å². The second-order valence-corrected chi connectivity index (χ2v) is 5.61. The van der Waals surface area contributed by atoms with E-state index < -0.39 is 0 Å². The van der Waals surface area contributed by atoms with Gasteiger partial charge in [-0.05, 0) is 36.1 Å². The Balaban J connectivity index is 2.52. The van der Waals surface area contributed by atoms with Crippen LogP contribution in [0.3, 0.4) is 0 Å². The van der Waals surface area contributed by atoms with E-state index in [0.29, 0.717) is 6.42 Å². The summed E-state index contributed by atoms with van der Waals surface area (Å²) in [5.74, 6) is 0.187. The Morgan fingerprint density at radius 3 is 2.42 bits per heavy atom. The maximum Gasteiger partial charge on any atom is 0.162 e. The third-order valence-corrected chi connectivity index (χ3v) is 3.28. The van der Waals surface area contributed by atoms with Gasteiger partial charge in [0, 0.05) is 37.9 Å². The smallest absolute Gasteiger partial charge is 0.162 e. The highest BCUT2D eigenvalue weighted by Crippen LogP contribution is 2.21. The Morgan fingerprint density at radius 2 is 1.89 bits per heavy atom. The number of ketones is 1. The normalized spacial score (nSPS) is 11.4. The minimum absolute atomic E-state index is 0.187. The van der Waals surface area contributed by atoms with Gasteiger partial charge in [0.1, 0.15) is 0 Å². The summed E-state index contributed by atoms with van der Waals surface area (Å²) in [6.07, 6.45) is 1.57. The van der Waals surface area contributed by atoms with Gasteiger partial charge >= 0.3 is 0 Å². The number of anilines is 1. The van der Waals surface area contributed by atoms with Gasteiger partial charge in [-0.15, -0.1) is 0 Å². The van der Waals surface area contributed by atoms with E-state index in [4.69, 9.17) is 4.74 Å². The number of benzene rings is 1. The molecule has 0 aliphatic heterocycles. The van der Waals surface area contributed by atoms with Crippen molar-refractivity contribution >= 4 is 11.5 Å². The molecule has 0 aliphatic carbocycles. The number of hydrogen-bond acceptors (Lipinski definition) is 3. The molecule has 3 heteroatoms. The molecule has 0 radical (unpaired) electrons. The largest absolute Gasteiger partial charge is 0.385 e. The summed E-state index contributed by atoms with van der Waals surface area (Å²) in [5.41, 5.74) is 2.03. The number of nitrogens with one attached hydrogen (secondary N) is 1. The molecule has 0 fully saturated rings. The van der Waals surface area contributed by atoms with Gasteiger partial charge in [-0.3, -0.25) is 4.79 Å². The number of ether oxygens (including phenoxy) is 1. The zero-order chi connectivity index (χ0) is 14.3. The van der Waals surface area contributed by atoms with Gasteiger partial charge in [0.15, 0.2) is 5.78 Å². The molecule has 0 spiro atoms. The molecule has 1 aromatic carbocycles. The second-order valence-electron chi connectivity index (χ2n) is 5.61. The lowest BCUT2D eigenvalue weighted by molar-refractivity contribution is 0.0988. The fourth-order valence-electron chi connectivity index (χ4n) is 1.79. The van der Waals surface area contributed by atoms with Crippen molar-refractivity contribution in [2.75, 3.05) is 25.6 Å². The van der Waals surface area contributed by atoms with E-state index in [-0.39, 0.29) is 11.2 Å². The molecule has 106 valence electrons. The molecule has 0 amide bonds. The lowest BCUT2D eigenvalue weighted by Gasteiger charge is -2.25. The number of rotatable bonds is 8. The van der Waals surface area contributed by atoms with Crippen LogP contribution in [0.2, 0.25) is 0 Å². The van der Waals surface area contributed by atoms with Gasteiger partial charge < -0.3 is 10.1 Å². The Morgan fingerprint density at radius 1 is 1.26 bits per heavy atom. The van der Waals surface area contributed by atoms with Crippen LogP contribution in [-0.4, -0.2) is 26.0 Å². The van der Waals surface area contributed by atoms with Crippen LogP contribution in [0.25, 0.3) is 0 Å². The van der Waals surface area contributed by atoms with Crippen molar-refractivity contribution in [2.24, 2.45) is 5.41 Å². The van der Waals surface area contributed by atoms with E-state index in [1.165, 1.54) is 0 Å².